The van der Waals surface area contributed by atoms with E-state index in [4.69, 9.17) is 14.2 Å². The summed E-state index contributed by atoms with van der Waals surface area (Å²) in [4.78, 5) is 11.5. The summed E-state index contributed by atoms with van der Waals surface area (Å²) in [6.07, 6.45) is 6.25. The molecule has 31 heavy (non-hydrogen) atoms. The Bertz CT molecular complexity index is 932. The first-order valence-corrected chi connectivity index (χ1v) is 11.3. The molecule has 0 unspecified atom stereocenters. The van der Waals surface area contributed by atoms with Crippen LogP contribution in [0.25, 0.3) is 11.1 Å². The first-order valence-electron chi connectivity index (χ1n) is 11.3. The van der Waals surface area contributed by atoms with Gasteiger partial charge in [-0.05, 0) is 68.0 Å². The third-order valence-corrected chi connectivity index (χ3v) is 6.00. The lowest BCUT2D eigenvalue weighted by atomic mass is 9.75. The normalized spacial score (nSPS) is 14.6. The quantitative estimate of drug-likeness (QED) is 0.320. The Morgan fingerprint density at radius 2 is 1.58 bits per heavy atom. The number of benzene rings is 2. The van der Waals surface area contributed by atoms with Crippen LogP contribution >= 0.6 is 0 Å². The number of carbonyl (C=O) groups excluding carboxylic acids is 1. The molecule has 0 N–H and O–H groups in total. The average molecular weight is 423 g/mol. The van der Waals surface area contributed by atoms with E-state index < -0.39 is 5.60 Å². The second-order valence-electron chi connectivity index (χ2n) is 8.28. The summed E-state index contributed by atoms with van der Waals surface area (Å²) in [6, 6.07) is 14.0. The monoisotopic (exact) mass is 422 g/mol. The van der Waals surface area contributed by atoms with Gasteiger partial charge in [-0.1, -0.05) is 38.8 Å². The number of methoxy groups -OCH3 is 1. The molecule has 0 saturated heterocycles. The highest BCUT2D eigenvalue weighted by Gasteiger charge is 2.41. The second-order valence-corrected chi connectivity index (χ2v) is 8.28. The van der Waals surface area contributed by atoms with Crippen molar-refractivity contribution in [1.29, 1.82) is 0 Å². The largest absolute Gasteiger partial charge is 0.497 e. The van der Waals surface area contributed by atoms with E-state index in [1.165, 1.54) is 23.6 Å². The molecule has 0 aromatic heterocycles. The summed E-state index contributed by atoms with van der Waals surface area (Å²) in [7, 11) is 1.69. The van der Waals surface area contributed by atoms with Crippen molar-refractivity contribution in [2.75, 3.05) is 7.11 Å². The Hall–Kier alpha value is -2.75. The van der Waals surface area contributed by atoms with Gasteiger partial charge in [0.2, 0.25) is 0 Å². The third kappa shape index (κ3) is 4.95. The maximum atomic E-state index is 11.5. The van der Waals surface area contributed by atoms with E-state index in [9.17, 15) is 4.79 Å². The smallest absolute Gasteiger partial charge is 0.308 e. The fourth-order valence-electron chi connectivity index (χ4n) is 4.50. The number of esters is 1. The molecule has 2 aromatic rings. The minimum Gasteiger partial charge on any atom is -0.497 e. The zero-order chi connectivity index (χ0) is 22.4. The van der Waals surface area contributed by atoms with E-state index in [-0.39, 0.29) is 5.97 Å². The van der Waals surface area contributed by atoms with Crippen molar-refractivity contribution >= 4 is 17.1 Å². The number of rotatable bonds is 9. The highest BCUT2D eigenvalue weighted by molar-refractivity contribution is 5.97. The van der Waals surface area contributed by atoms with Gasteiger partial charge in [-0.15, -0.1) is 0 Å². The Morgan fingerprint density at radius 3 is 2.13 bits per heavy atom. The summed E-state index contributed by atoms with van der Waals surface area (Å²) in [5.74, 6) is 1.83. The molecule has 0 atom stereocenters. The van der Waals surface area contributed by atoms with Crippen LogP contribution in [0.5, 0.6) is 17.2 Å². The van der Waals surface area contributed by atoms with Gasteiger partial charge in [0, 0.05) is 24.1 Å². The predicted octanol–water partition coefficient (Wildman–Crippen LogP) is 7.06. The van der Waals surface area contributed by atoms with E-state index in [1.54, 1.807) is 7.11 Å². The van der Waals surface area contributed by atoms with Crippen molar-refractivity contribution in [3.8, 4) is 17.2 Å². The van der Waals surface area contributed by atoms with Crippen LogP contribution in [0.3, 0.4) is 0 Å². The van der Waals surface area contributed by atoms with Gasteiger partial charge >= 0.3 is 5.97 Å². The van der Waals surface area contributed by atoms with E-state index >= 15 is 0 Å². The van der Waals surface area contributed by atoms with Crippen LogP contribution in [-0.4, -0.2) is 18.7 Å². The minimum atomic E-state index is -0.410. The standard InChI is InChI=1S/C27H34O4/c1-6-8-16-27(17-9-7-2)26(21-10-12-22(29-5)13-11-21)19(3)24-15-14-23(30-20(4)28)18-25(24)31-27/h10-15,18H,6-9,16-17H2,1-5H3. The molecule has 166 valence electrons. The molecule has 1 heterocycles. The lowest BCUT2D eigenvalue weighted by Crippen LogP contribution is -2.40. The van der Waals surface area contributed by atoms with Crippen LogP contribution in [0.15, 0.2) is 42.5 Å². The van der Waals surface area contributed by atoms with Crippen LogP contribution in [-0.2, 0) is 4.79 Å². The van der Waals surface area contributed by atoms with E-state index in [0.29, 0.717) is 5.75 Å². The van der Waals surface area contributed by atoms with Crippen molar-refractivity contribution in [3.63, 3.8) is 0 Å². The Balaban J connectivity index is 2.18. The summed E-state index contributed by atoms with van der Waals surface area (Å²) >= 11 is 0. The highest BCUT2D eigenvalue weighted by atomic mass is 16.5. The Kier molecular flexibility index (Phi) is 7.42. The number of ether oxygens (including phenoxy) is 3. The number of allylic oxidation sites excluding steroid dienone is 1. The summed E-state index contributed by atoms with van der Waals surface area (Å²) in [5.41, 5.74) is 4.27. The van der Waals surface area contributed by atoms with E-state index in [0.717, 1.165) is 55.6 Å². The fraction of sp³-hybridized carbons (Fsp3) is 0.444. The minimum absolute atomic E-state index is 0.329. The molecule has 0 spiro atoms. The van der Waals surface area contributed by atoms with Crippen molar-refractivity contribution in [1.82, 2.24) is 0 Å². The second kappa shape index (κ2) is 10.0. The Morgan fingerprint density at radius 1 is 0.968 bits per heavy atom. The van der Waals surface area contributed by atoms with Gasteiger partial charge in [0.05, 0.1) is 7.11 Å². The molecular weight excluding hydrogens is 388 g/mol. The fourth-order valence-corrected chi connectivity index (χ4v) is 4.50. The van der Waals surface area contributed by atoms with E-state index in [2.05, 4.69) is 32.9 Å². The predicted molar refractivity (Wildman–Crippen MR) is 126 cm³/mol. The number of hydrogen-bond acceptors (Lipinski definition) is 4. The number of fused-ring (bicyclic) bond motifs is 1. The molecule has 0 bridgehead atoms. The molecule has 1 aliphatic rings. The number of carbonyl (C=O) groups is 1. The zero-order valence-corrected chi connectivity index (χ0v) is 19.4. The number of unbranched alkanes of at least 4 members (excludes halogenated alkanes) is 2. The van der Waals surface area contributed by atoms with Gasteiger partial charge in [-0.2, -0.15) is 0 Å². The molecule has 3 rings (SSSR count). The van der Waals surface area contributed by atoms with Crippen LogP contribution in [0.2, 0.25) is 0 Å². The lowest BCUT2D eigenvalue weighted by molar-refractivity contribution is -0.131. The van der Waals surface area contributed by atoms with Crippen molar-refractivity contribution < 1.29 is 19.0 Å². The maximum absolute atomic E-state index is 11.5. The molecule has 0 amide bonds. The summed E-state index contributed by atoms with van der Waals surface area (Å²) in [5, 5.41) is 0. The molecule has 0 radical (unpaired) electrons. The van der Waals surface area contributed by atoms with Gasteiger partial charge in [0.1, 0.15) is 22.8 Å². The molecule has 0 fully saturated rings. The van der Waals surface area contributed by atoms with Crippen LogP contribution in [0.4, 0.5) is 0 Å². The molecule has 1 aliphatic heterocycles. The van der Waals surface area contributed by atoms with Crippen molar-refractivity contribution in [3.05, 3.63) is 53.6 Å². The zero-order valence-electron chi connectivity index (χ0n) is 19.4. The average Bonchev–Trinajstić information content (AvgIpc) is 2.76. The SMILES string of the molecule is CCCCC1(CCCC)Oc2cc(OC(C)=O)ccc2C(C)=C1c1ccc(OC)cc1. The summed E-state index contributed by atoms with van der Waals surface area (Å²) in [6.45, 7) is 8.03. The molecular formula is C27H34O4. The molecule has 4 heteroatoms. The highest BCUT2D eigenvalue weighted by Crippen LogP contribution is 2.50. The van der Waals surface area contributed by atoms with Gasteiger partial charge in [0.15, 0.2) is 0 Å². The van der Waals surface area contributed by atoms with Gasteiger partial charge in [0.25, 0.3) is 0 Å². The molecule has 0 aliphatic carbocycles. The van der Waals surface area contributed by atoms with Gasteiger partial charge in [-0.25, -0.2) is 0 Å². The first-order chi connectivity index (χ1) is 14.9. The van der Waals surface area contributed by atoms with Crippen molar-refractivity contribution in [2.45, 2.75) is 71.8 Å². The molecule has 4 nitrogen and oxygen atoms in total. The van der Waals surface area contributed by atoms with Crippen LogP contribution in [0.1, 0.15) is 77.3 Å². The molecule has 0 saturated carbocycles. The summed E-state index contributed by atoms with van der Waals surface area (Å²) < 4.78 is 17.6. The van der Waals surface area contributed by atoms with Crippen molar-refractivity contribution in [2.24, 2.45) is 0 Å². The topological polar surface area (TPSA) is 44.8 Å². The van der Waals surface area contributed by atoms with Crippen LogP contribution < -0.4 is 14.2 Å². The van der Waals surface area contributed by atoms with Gasteiger partial charge in [-0.3, -0.25) is 4.79 Å². The lowest BCUT2D eigenvalue weighted by Gasteiger charge is -2.42. The first kappa shape index (κ1) is 22.9. The maximum Gasteiger partial charge on any atom is 0.308 e. The van der Waals surface area contributed by atoms with Crippen LogP contribution in [0, 0.1) is 0 Å². The van der Waals surface area contributed by atoms with E-state index in [1.807, 2.05) is 30.3 Å². The van der Waals surface area contributed by atoms with Gasteiger partial charge < -0.3 is 14.2 Å². The number of hydrogen-bond donors (Lipinski definition) is 0. The Labute approximate surface area is 186 Å². The third-order valence-electron chi connectivity index (χ3n) is 6.00. The molecule has 2 aromatic carbocycles.